The standard InChI is InChI=1S/C14H20N2/c1-5-7-11-9-12(10(3)4)14(15)16-13(11)8-6-2/h5-10H,1-4H3,(H2,15,16)/b7-5-,8-6-. The molecule has 16 heavy (non-hydrogen) atoms. The van der Waals surface area contributed by atoms with E-state index in [1.807, 2.05) is 32.1 Å². The summed E-state index contributed by atoms with van der Waals surface area (Å²) in [6, 6.07) is 2.13. The Morgan fingerprint density at radius 3 is 2.31 bits per heavy atom. The van der Waals surface area contributed by atoms with Crippen LogP contribution in [0.3, 0.4) is 0 Å². The van der Waals surface area contributed by atoms with Crippen molar-refractivity contribution >= 4 is 18.0 Å². The summed E-state index contributed by atoms with van der Waals surface area (Å²) in [7, 11) is 0. The number of hydrogen-bond donors (Lipinski definition) is 1. The fraction of sp³-hybridized carbons (Fsp3) is 0.357. The molecule has 86 valence electrons. The Bertz CT molecular complexity index is 415. The molecule has 0 spiro atoms. The van der Waals surface area contributed by atoms with Gasteiger partial charge in [0.2, 0.25) is 0 Å². The third-order valence-corrected chi connectivity index (χ3v) is 2.44. The number of hydrogen-bond acceptors (Lipinski definition) is 2. The van der Waals surface area contributed by atoms with E-state index in [1.54, 1.807) is 0 Å². The number of rotatable bonds is 3. The van der Waals surface area contributed by atoms with Gasteiger partial charge in [0.15, 0.2) is 0 Å². The minimum Gasteiger partial charge on any atom is -0.383 e. The molecule has 0 saturated heterocycles. The Hall–Kier alpha value is -1.57. The Morgan fingerprint density at radius 1 is 1.19 bits per heavy atom. The van der Waals surface area contributed by atoms with Gasteiger partial charge in [-0.1, -0.05) is 32.1 Å². The summed E-state index contributed by atoms with van der Waals surface area (Å²) in [6.45, 7) is 8.24. The van der Waals surface area contributed by atoms with Gasteiger partial charge in [0.25, 0.3) is 0 Å². The number of nitrogen functional groups attached to an aromatic ring is 1. The molecule has 0 bridgehead atoms. The lowest BCUT2D eigenvalue weighted by Gasteiger charge is -2.11. The van der Waals surface area contributed by atoms with Crippen molar-refractivity contribution in [2.45, 2.75) is 33.6 Å². The molecule has 1 aromatic heterocycles. The van der Waals surface area contributed by atoms with Crippen molar-refractivity contribution in [3.8, 4) is 0 Å². The molecule has 0 aliphatic carbocycles. The maximum atomic E-state index is 5.95. The molecule has 0 atom stereocenters. The highest BCUT2D eigenvalue weighted by Crippen LogP contribution is 2.24. The van der Waals surface area contributed by atoms with E-state index in [-0.39, 0.29) is 0 Å². The van der Waals surface area contributed by atoms with Crippen LogP contribution in [0.25, 0.3) is 12.2 Å². The van der Waals surface area contributed by atoms with Gasteiger partial charge in [0.1, 0.15) is 5.82 Å². The molecule has 0 aromatic carbocycles. The Balaban J connectivity index is 3.36. The van der Waals surface area contributed by atoms with E-state index >= 15 is 0 Å². The highest BCUT2D eigenvalue weighted by atomic mass is 14.8. The minimum absolute atomic E-state index is 0.399. The van der Waals surface area contributed by atoms with Gasteiger partial charge in [-0.05, 0) is 37.5 Å². The number of nitrogens with zero attached hydrogens (tertiary/aromatic N) is 1. The van der Waals surface area contributed by atoms with Gasteiger partial charge in [-0.3, -0.25) is 0 Å². The normalized spacial score (nSPS) is 12.1. The molecule has 2 nitrogen and oxygen atoms in total. The van der Waals surface area contributed by atoms with Crippen molar-refractivity contribution in [3.63, 3.8) is 0 Å². The minimum atomic E-state index is 0.399. The van der Waals surface area contributed by atoms with E-state index in [2.05, 4.69) is 31.0 Å². The molecular weight excluding hydrogens is 196 g/mol. The summed E-state index contributed by atoms with van der Waals surface area (Å²) in [5.41, 5.74) is 9.12. The average molecular weight is 216 g/mol. The van der Waals surface area contributed by atoms with Gasteiger partial charge < -0.3 is 5.73 Å². The van der Waals surface area contributed by atoms with E-state index in [9.17, 15) is 0 Å². The predicted octanol–water partition coefficient (Wildman–Crippen LogP) is 3.85. The van der Waals surface area contributed by atoms with Crippen molar-refractivity contribution in [2.75, 3.05) is 5.73 Å². The van der Waals surface area contributed by atoms with Crippen LogP contribution in [0.4, 0.5) is 5.82 Å². The summed E-state index contributed by atoms with van der Waals surface area (Å²) >= 11 is 0. The zero-order valence-electron chi connectivity index (χ0n) is 10.5. The van der Waals surface area contributed by atoms with Crippen LogP contribution in [0.1, 0.15) is 50.4 Å². The summed E-state index contributed by atoms with van der Waals surface area (Å²) in [6.07, 6.45) is 8.04. The molecular formula is C14H20N2. The molecule has 0 fully saturated rings. The first-order chi connectivity index (χ1) is 7.60. The Kier molecular flexibility index (Phi) is 4.29. The van der Waals surface area contributed by atoms with Crippen LogP contribution in [0.2, 0.25) is 0 Å². The number of nitrogens with two attached hydrogens (primary N) is 1. The highest BCUT2D eigenvalue weighted by Gasteiger charge is 2.09. The maximum Gasteiger partial charge on any atom is 0.127 e. The first kappa shape index (κ1) is 12.5. The number of anilines is 1. The third-order valence-electron chi connectivity index (χ3n) is 2.44. The summed E-state index contributed by atoms with van der Waals surface area (Å²) in [5.74, 6) is 1.03. The topological polar surface area (TPSA) is 38.9 Å². The smallest absolute Gasteiger partial charge is 0.127 e. The fourth-order valence-electron chi connectivity index (χ4n) is 1.64. The van der Waals surface area contributed by atoms with Gasteiger partial charge in [-0.2, -0.15) is 0 Å². The largest absolute Gasteiger partial charge is 0.383 e. The number of pyridine rings is 1. The van der Waals surface area contributed by atoms with Gasteiger partial charge in [-0.15, -0.1) is 0 Å². The molecule has 0 aliphatic rings. The summed E-state index contributed by atoms with van der Waals surface area (Å²) in [5, 5.41) is 0. The van der Waals surface area contributed by atoms with Crippen LogP contribution < -0.4 is 5.73 Å². The monoisotopic (exact) mass is 216 g/mol. The van der Waals surface area contributed by atoms with Crippen molar-refractivity contribution in [1.82, 2.24) is 4.98 Å². The zero-order valence-corrected chi connectivity index (χ0v) is 10.5. The van der Waals surface area contributed by atoms with Gasteiger partial charge in [0, 0.05) is 5.56 Å². The molecule has 2 N–H and O–H groups in total. The van der Waals surface area contributed by atoms with E-state index in [1.165, 1.54) is 0 Å². The molecule has 1 rings (SSSR count). The molecule has 0 aliphatic heterocycles. The Morgan fingerprint density at radius 2 is 1.81 bits per heavy atom. The van der Waals surface area contributed by atoms with Crippen LogP contribution >= 0.6 is 0 Å². The SMILES string of the molecule is C/C=C\c1cc(C(C)C)c(N)nc1/C=C\C. The number of allylic oxidation sites excluding steroid dienone is 2. The molecule has 0 amide bonds. The Labute approximate surface area is 97.9 Å². The quantitative estimate of drug-likeness (QED) is 0.833. The lowest BCUT2D eigenvalue weighted by atomic mass is 10.0. The maximum absolute atomic E-state index is 5.95. The molecule has 1 heterocycles. The van der Waals surface area contributed by atoms with Gasteiger partial charge in [0.05, 0.1) is 5.69 Å². The molecule has 2 heteroatoms. The summed E-state index contributed by atoms with van der Waals surface area (Å²) < 4.78 is 0. The van der Waals surface area contributed by atoms with Crippen LogP contribution in [-0.2, 0) is 0 Å². The van der Waals surface area contributed by atoms with Crippen molar-refractivity contribution in [3.05, 3.63) is 35.0 Å². The second kappa shape index (κ2) is 5.50. The van der Waals surface area contributed by atoms with E-state index < -0.39 is 0 Å². The summed E-state index contributed by atoms with van der Waals surface area (Å²) in [4.78, 5) is 4.44. The van der Waals surface area contributed by atoms with Crippen LogP contribution in [0, 0.1) is 0 Å². The third kappa shape index (κ3) is 2.72. The first-order valence-electron chi connectivity index (χ1n) is 5.66. The van der Waals surface area contributed by atoms with Crippen LogP contribution in [0.15, 0.2) is 18.2 Å². The van der Waals surface area contributed by atoms with Crippen molar-refractivity contribution in [1.29, 1.82) is 0 Å². The lowest BCUT2D eigenvalue weighted by molar-refractivity contribution is 0.861. The van der Waals surface area contributed by atoms with Crippen LogP contribution in [-0.4, -0.2) is 4.98 Å². The van der Waals surface area contributed by atoms with Gasteiger partial charge >= 0.3 is 0 Å². The second-order valence-electron chi connectivity index (χ2n) is 4.09. The predicted molar refractivity (Wildman–Crippen MR) is 72.2 cm³/mol. The average Bonchev–Trinajstić information content (AvgIpc) is 2.22. The molecule has 0 radical (unpaired) electrons. The first-order valence-corrected chi connectivity index (χ1v) is 5.66. The van der Waals surface area contributed by atoms with Gasteiger partial charge in [-0.25, -0.2) is 4.98 Å². The van der Waals surface area contributed by atoms with Crippen LogP contribution in [0.5, 0.6) is 0 Å². The van der Waals surface area contributed by atoms with E-state index in [0.717, 1.165) is 16.8 Å². The second-order valence-corrected chi connectivity index (χ2v) is 4.09. The van der Waals surface area contributed by atoms with E-state index in [0.29, 0.717) is 11.7 Å². The van der Waals surface area contributed by atoms with Crippen molar-refractivity contribution < 1.29 is 0 Å². The highest BCUT2D eigenvalue weighted by molar-refractivity contribution is 5.66. The van der Waals surface area contributed by atoms with E-state index in [4.69, 9.17) is 5.73 Å². The molecule has 1 aromatic rings. The molecule has 0 unspecified atom stereocenters. The number of aromatic nitrogens is 1. The fourth-order valence-corrected chi connectivity index (χ4v) is 1.64. The lowest BCUT2D eigenvalue weighted by Crippen LogP contribution is -2.02. The zero-order chi connectivity index (χ0) is 12.1. The van der Waals surface area contributed by atoms with Crippen molar-refractivity contribution in [2.24, 2.45) is 0 Å². The molecule has 0 saturated carbocycles.